The molecule has 0 aromatic heterocycles. The fraction of sp³-hybridized carbons (Fsp3) is 0.500. The Balaban J connectivity index is 2.22. The summed E-state index contributed by atoms with van der Waals surface area (Å²) in [7, 11) is 1.56. The molecule has 2 rings (SSSR count). The summed E-state index contributed by atoms with van der Waals surface area (Å²) in [5.41, 5.74) is 6.13. The lowest BCUT2D eigenvalue weighted by Crippen LogP contribution is -2.21. The summed E-state index contributed by atoms with van der Waals surface area (Å²) < 4.78 is 11.1. The summed E-state index contributed by atoms with van der Waals surface area (Å²) in [6.07, 6.45) is 4.57. The van der Waals surface area contributed by atoms with E-state index in [0.29, 0.717) is 17.1 Å². The van der Waals surface area contributed by atoms with Crippen molar-refractivity contribution < 1.29 is 19.4 Å². The van der Waals surface area contributed by atoms with E-state index in [9.17, 15) is 4.79 Å². The average Bonchev–Trinajstić information content (AvgIpc) is 2.90. The van der Waals surface area contributed by atoms with Crippen LogP contribution < -0.4 is 15.2 Å². The number of carboxylic acids is 1. The molecule has 1 aliphatic carbocycles. The van der Waals surface area contributed by atoms with Crippen LogP contribution in [0.15, 0.2) is 18.2 Å². The number of nitrogens with two attached hydrogens (primary N) is 1. The number of hydrogen-bond donors (Lipinski definition) is 2. The Kier molecular flexibility index (Phi) is 4.27. The third-order valence-corrected chi connectivity index (χ3v) is 3.41. The molecule has 5 nitrogen and oxygen atoms in total. The highest BCUT2D eigenvalue weighted by Crippen LogP contribution is 2.33. The Hall–Kier alpha value is -1.75. The van der Waals surface area contributed by atoms with Gasteiger partial charge in [0.15, 0.2) is 11.5 Å². The third-order valence-electron chi connectivity index (χ3n) is 3.41. The molecular formula is C14H19NO4. The van der Waals surface area contributed by atoms with Crippen molar-refractivity contribution >= 4 is 5.97 Å². The molecule has 0 unspecified atom stereocenters. The van der Waals surface area contributed by atoms with Gasteiger partial charge in [0.1, 0.15) is 6.04 Å². The van der Waals surface area contributed by atoms with Gasteiger partial charge < -0.3 is 20.3 Å². The van der Waals surface area contributed by atoms with E-state index in [1.165, 1.54) is 12.8 Å². The Morgan fingerprint density at radius 2 is 2.05 bits per heavy atom. The lowest BCUT2D eigenvalue weighted by Gasteiger charge is -2.17. The molecule has 1 atom stereocenters. The minimum atomic E-state index is -1.06. The van der Waals surface area contributed by atoms with Crippen molar-refractivity contribution in [3.63, 3.8) is 0 Å². The van der Waals surface area contributed by atoms with Crippen LogP contribution in [0.3, 0.4) is 0 Å². The molecule has 1 fully saturated rings. The highest BCUT2D eigenvalue weighted by Gasteiger charge is 2.21. The van der Waals surface area contributed by atoms with Crippen LogP contribution in [-0.4, -0.2) is 24.3 Å². The molecule has 3 N–H and O–H groups in total. The van der Waals surface area contributed by atoms with Gasteiger partial charge in [-0.2, -0.15) is 0 Å². The zero-order chi connectivity index (χ0) is 13.8. The Labute approximate surface area is 112 Å². The standard InChI is InChI=1S/C14H19NO4/c1-18-11-7-6-9(13(15)14(16)17)8-12(11)19-10-4-2-3-5-10/h6-8,10,13H,2-5,15H2,1H3,(H,16,17)/t13-/m0/s1. The van der Waals surface area contributed by atoms with Gasteiger partial charge in [0.2, 0.25) is 0 Å². The second-order valence-electron chi connectivity index (χ2n) is 4.75. The fourth-order valence-electron chi connectivity index (χ4n) is 2.31. The molecule has 0 saturated heterocycles. The van der Waals surface area contributed by atoms with Gasteiger partial charge in [-0.3, -0.25) is 4.79 Å². The summed E-state index contributed by atoms with van der Waals surface area (Å²) in [6, 6.07) is 3.97. The first kappa shape index (κ1) is 13.7. The van der Waals surface area contributed by atoms with Crippen LogP contribution in [0.25, 0.3) is 0 Å². The number of aliphatic carboxylic acids is 1. The maximum Gasteiger partial charge on any atom is 0.325 e. The molecule has 104 valence electrons. The molecule has 0 heterocycles. The zero-order valence-corrected chi connectivity index (χ0v) is 11.0. The summed E-state index contributed by atoms with van der Waals surface area (Å²) in [5, 5.41) is 8.94. The van der Waals surface area contributed by atoms with Gasteiger partial charge in [-0.05, 0) is 43.4 Å². The molecular weight excluding hydrogens is 246 g/mol. The highest BCUT2D eigenvalue weighted by atomic mass is 16.5. The largest absolute Gasteiger partial charge is 0.493 e. The van der Waals surface area contributed by atoms with Crippen LogP contribution in [0.2, 0.25) is 0 Å². The smallest absolute Gasteiger partial charge is 0.325 e. The number of carboxylic acid groups (broad SMARTS) is 1. The summed E-state index contributed by atoms with van der Waals surface area (Å²) in [6.45, 7) is 0. The summed E-state index contributed by atoms with van der Waals surface area (Å²) in [5.74, 6) is 0.119. The first-order valence-corrected chi connectivity index (χ1v) is 6.45. The first-order chi connectivity index (χ1) is 9.11. The minimum absolute atomic E-state index is 0.185. The van der Waals surface area contributed by atoms with Crippen LogP contribution in [0.4, 0.5) is 0 Å². The highest BCUT2D eigenvalue weighted by molar-refractivity contribution is 5.75. The zero-order valence-electron chi connectivity index (χ0n) is 11.0. The molecule has 0 bridgehead atoms. The Bertz CT molecular complexity index is 455. The number of methoxy groups -OCH3 is 1. The second-order valence-corrected chi connectivity index (χ2v) is 4.75. The van der Waals surface area contributed by atoms with Crippen molar-refractivity contribution in [3.05, 3.63) is 23.8 Å². The molecule has 5 heteroatoms. The molecule has 0 amide bonds. The average molecular weight is 265 g/mol. The number of ether oxygens (including phenoxy) is 2. The van der Waals surface area contributed by atoms with Crippen molar-refractivity contribution in [2.75, 3.05) is 7.11 Å². The molecule has 0 spiro atoms. The molecule has 0 radical (unpaired) electrons. The maximum absolute atomic E-state index is 10.9. The van der Waals surface area contributed by atoms with E-state index in [4.69, 9.17) is 20.3 Å². The van der Waals surface area contributed by atoms with Crippen LogP contribution in [-0.2, 0) is 4.79 Å². The number of rotatable bonds is 5. The fourth-order valence-corrected chi connectivity index (χ4v) is 2.31. The molecule has 0 aliphatic heterocycles. The van der Waals surface area contributed by atoms with Crippen molar-refractivity contribution in [1.29, 1.82) is 0 Å². The number of hydrogen-bond acceptors (Lipinski definition) is 4. The van der Waals surface area contributed by atoms with E-state index in [1.807, 2.05) is 0 Å². The van der Waals surface area contributed by atoms with Gasteiger partial charge >= 0.3 is 5.97 Å². The minimum Gasteiger partial charge on any atom is -0.493 e. The van der Waals surface area contributed by atoms with Crippen LogP contribution in [0.5, 0.6) is 11.5 Å². The van der Waals surface area contributed by atoms with Gasteiger partial charge in [0, 0.05) is 0 Å². The van der Waals surface area contributed by atoms with Crippen LogP contribution in [0.1, 0.15) is 37.3 Å². The van der Waals surface area contributed by atoms with Crippen molar-refractivity contribution in [2.45, 2.75) is 37.8 Å². The van der Waals surface area contributed by atoms with Gasteiger partial charge in [-0.1, -0.05) is 6.07 Å². The number of benzene rings is 1. The molecule has 1 aromatic rings. The van der Waals surface area contributed by atoms with E-state index in [2.05, 4.69) is 0 Å². The SMILES string of the molecule is COc1ccc([C@H](N)C(=O)O)cc1OC1CCCC1. The van der Waals surface area contributed by atoms with Gasteiger partial charge in [-0.15, -0.1) is 0 Å². The topological polar surface area (TPSA) is 81.8 Å². The van der Waals surface area contributed by atoms with E-state index >= 15 is 0 Å². The monoisotopic (exact) mass is 265 g/mol. The van der Waals surface area contributed by atoms with Crippen molar-refractivity contribution in [2.24, 2.45) is 5.73 Å². The van der Waals surface area contributed by atoms with Crippen LogP contribution >= 0.6 is 0 Å². The predicted octanol–water partition coefficient (Wildman–Crippen LogP) is 2.10. The lowest BCUT2D eigenvalue weighted by molar-refractivity contribution is -0.138. The number of carbonyl (C=O) groups is 1. The molecule has 1 aliphatic rings. The van der Waals surface area contributed by atoms with Gasteiger partial charge in [0.25, 0.3) is 0 Å². The molecule has 19 heavy (non-hydrogen) atoms. The third kappa shape index (κ3) is 3.17. The van der Waals surface area contributed by atoms with E-state index in [1.54, 1.807) is 25.3 Å². The van der Waals surface area contributed by atoms with E-state index < -0.39 is 12.0 Å². The predicted molar refractivity (Wildman–Crippen MR) is 70.4 cm³/mol. The maximum atomic E-state index is 10.9. The van der Waals surface area contributed by atoms with Gasteiger partial charge in [0.05, 0.1) is 13.2 Å². The lowest BCUT2D eigenvalue weighted by atomic mass is 10.1. The molecule has 1 saturated carbocycles. The Morgan fingerprint density at radius 3 is 2.63 bits per heavy atom. The van der Waals surface area contributed by atoms with E-state index in [0.717, 1.165) is 12.8 Å². The van der Waals surface area contributed by atoms with E-state index in [-0.39, 0.29) is 6.10 Å². The van der Waals surface area contributed by atoms with Gasteiger partial charge in [-0.25, -0.2) is 0 Å². The summed E-state index contributed by atoms with van der Waals surface area (Å²) >= 11 is 0. The molecule has 1 aromatic carbocycles. The normalized spacial score (nSPS) is 17.2. The van der Waals surface area contributed by atoms with Crippen molar-refractivity contribution in [1.82, 2.24) is 0 Å². The van der Waals surface area contributed by atoms with Crippen molar-refractivity contribution in [3.8, 4) is 11.5 Å². The quantitative estimate of drug-likeness (QED) is 0.852. The first-order valence-electron chi connectivity index (χ1n) is 6.45. The van der Waals surface area contributed by atoms with Crippen LogP contribution in [0, 0.1) is 0 Å². The Morgan fingerprint density at radius 1 is 1.37 bits per heavy atom. The second kappa shape index (κ2) is 5.93. The summed E-state index contributed by atoms with van der Waals surface area (Å²) in [4.78, 5) is 10.9.